The molecule has 0 fully saturated rings. The van der Waals surface area contributed by atoms with E-state index in [0.29, 0.717) is 19.6 Å². The number of esters is 1. The predicted octanol–water partition coefficient (Wildman–Crippen LogP) is 2.16. The maximum absolute atomic E-state index is 11.2. The second kappa shape index (κ2) is 12.5. The fraction of sp³-hybridized carbons (Fsp3) is 0.917. The van der Waals surface area contributed by atoms with E-state index in [-0.39, 0.29) is 5.97 Å². The molecule has 0 bridgehead atoms. The van der Waals surface area contributed by atoms with Crippen molar-refractivity contribution >= 4 is 5.97 Å². The molecule has 0 aliphatic heterocycles. The van der Waals surface area contributed by atoms with Crippen LogP contribution < -0.4 is 0 Å². The normalized spacial score (nSPS) is 10.4. The molecule has 0 unspecified atom stereocenters. The molecule has 0 heterocycles. The van der Waals surface area contributed by atoms with Crippen LogP contribution in [0.1, 0.15) is 39.0 Å². The Morgan fingerprint density at radius 1 is 1.00 bits per heavy atom. The number of methoxy groups -OCH3 is 1. The first-order valence-corrected chi connectivity index (χ1v) is 6.03. The van der Waals surface area contributed by atoms with E-state index >= 15 is 0 Å². The molecule has 0 amide bonds. The summed E-state index contributed by atoms with van der Waals surface area (Å²) in [6.45, 7) is 4.42. The van der Waals surface area contributed by atoms with Gasteiger partial charge in [-0.25, -0.2) is 0 Å². The van der Waals surface area contributed by atoms with Gasteiger partial charge in [0, 0.05) is 26.7 Å². The summed E-state index contributed by atoms with van der Waals surface area (Å²) in [5.41, 5.74) is 0. The SMILES string of the molecule is CCCOCCOC(=O)CCCCCOC. The molecule has 0 aliphatic carbocycles. The average molecular weight is 232 g/mol. The number of ether oxygens (including phenoxy) is 3. The molecule has 0 spiro atoms. The van der Waals surface area contributed by atoms with Gasteiger partial charge in [0.15, 0.2) is 0 Å². The summed E-state index contributed by atoms with van der Waals surface area (Å²) in [5, 5.41) is 0. The largest absolute Gasteiger partial charge is 0.463 e. The van der Waals surface area contributed by atoms with Crippen molar-refractivity contribution in [3.8, 4) is 0 Å². The van der Waals surface area contributed by atoms with Gasteiger partial charge < -0.3 is 14.2 Å². The number of rotatable bonds is 11. The molecule has 96 valence electrons. The first kappa shape index (κ1) is 15.4. The lowest BCUT2D eigenvalue weighted by atomic mass is 10.2. The van der Waals surface area contributed by atoms with Crippen molar-refractivity contribution in [3.05, 3.63) is 0 Å². The lowest BCUT2D eigenvalue weighted by Gasteiger charge is -2.05. The molecule has 0 rings (SSSR count). The average Bonchev–Trinajstić information content (AvgIpc) is 2.28. The van der Waals surface area contributed by atoms with Crippen molar-refractivity contribution in [1.82, 2.24) is 0 Å². The molecule has 0 aromatic heterocycles. The predicted molar refractivity (Wildman–Crippen MR) is 62.4 cm³/mol. The molecule has 0 N–H and O–H groups in total. The van der Waals surface area contributed by atoms with Gasteiger partial charge in [0.1, 0.15) is 6.61 Å². The smallest absolute Gasteiger partial charge is 0.305 e. The lowest BCUT2D eigenvalue weighted by molar-refractivity contribution is -0.145. The number of hydrogen-bond donors (Lipinski definition) is 0. The molecule has 0 aliphatic rings. The van der Waals surface area contributed by atoms with Crippen LogP contribution in [0.2, 0.25) is 0 Å². The van der Waals surface area contributed by atoms with Gasteiger partial charge in [0.2, 0.25) is 0 Å². The Morgan fingerprint density at radius 2 is 1.81 bits per heavy atom. The number of unbranched alkanes of at least 4 members (excludes halogenated alkanes) is 2. The molecule has 4 heteroatoms. The first-order valence-electron chi connectivity index (χ1n) is 6.03. The fourth-order valence-corrected chi connectivity index (χ4v) is 1.23. The van der Waals surface area contributed by atoms with Crippen LogP contribution in [-0.4, -0.2) is 39.5 Å². The van der Waals surface area contributed by atoms with E-state index < -0.39 is 0 Å². The summed E-state index contributed by atoms with van der Waals surface area (Å²) in [5.74, 6) is -0.127. The Hall–Kier alpha value is -0.610. The highest BCUT2D eigenvalue weighted by atomic mass is 16.6. The second-order valence-corrected chi connectivity index (χ2v) is 3.64. The summed E-state index contributed by atoms with van der Waals surface area (Å²) in [6.07, 6.45) is 4.38. The molecular weight excluding hydrogens is 208 g/mol. The molecule has 0 aromatic rings. The van der Waals surface area contributed by atoms with E-state index in [1.54, 1.807) is 7.11 Å². The molecule has 0 saturated carbocycles. The molecule has 16 heavy (non-hydrogen) atoms. The van der Waals surface area contributed by atoms with Gasteiger partial charge in [-0.15, -0.1) is 0 Å². The second-order valence-electron chi connectivity index (χ2n) is 3.64. The summed E-state index contributed by atoms with van der Waals surface area (Å²) < 4.78 is 15.1. The zero-order valence-electron chi connectivity index (χ0n) is 10.5. The zero-order valence-corrected chi connectivity index (χ0v) is 10.5. The topological polar surface area (TPSA) is 44.8 Å². The van der Waals surface area contributed by atoms with Crippen molar-refractivity contribution in [2.45, 2.75) is 39.0 Å². The third kappa shape index (κ3) is 11.5. The molecule has 0 aromatic carbocycles. The first-order chi connectivity index (χ1) is 7.81. The Morgan fingerprint density at radius 3 is 2.50 bits per heavy atom. The van der Waals surface area contributed by atoms with Crippen LogP contribution in [0.15, 0.2) is 0 Å². The highest BCUT2D eigenvalue weighted by Gasteiger charge is 2.01. The van der Waals surface area contributed by atoms with Gasteiger partial charge in [0.05, 0.1) is 6.61 Å². The van der Waals surface area contributed by atoms with Crippen molar-refractivity contribution in [2.24, 2.45) is 0 Å². The van der Waals surface area contributed by atoms with Gasteiger partial charge in [-0.1, -0.05) is 13.3 Å². The van der Waals surface area contributed by atoms with Crippen molar-refractivity contribution < 1.29 is 19.0 Å². The number of carbonyl (C=O) groups excluding carboxylic acids is 1. The van der Waals surface area contributed by atoms with Gasteiger partial charge in [0.25, 0.3) is 0 Å². The van der Waals surface area contributed by atoms with Crippen molar-refractivity contribution in [3.63, 3.8) is 0 Å². The standard InChI is InChI=1S/C12H24O4/c1-3-8-15-10-11-16-12(13)7-5-4-6-9-14-2/h3-11H2,1-2H3. The fourth-order valence-electron chi connectivity index (χ4n) is 1.23. The minimum atomic E-state index is -0.127. The van der Waals surface area contributed by atoms with Crippen LogP contribution >= 0.6 is 0 Å². The number of carbonyl (C=O) groups is 1. The quantitative estimate of drug-likeness (QED) is 0.404. The van der Waals surface area contributed by atoms with E-state index in [1.807, 2.05) is 6.92 Å². The third-order valence-corrected chi connectivity index (χ3v) is 2.07. The van der Waals surface area contributed by atoms with Gasteiger partial charge in [-0.05, 0) is 19.3 Å². The zero-order chi connectivity index (χ0) is 12.1. The summed E-state index contributed by atoms with van der Waals surface area (Å²) >= 11 is 0. The Bertz CT molecular complexity index is 143. The van der Waals surface area contributed by atoms with E-state index in [1.165, 1.54) is 0 Å². The lowest BCUT2D eigenvalue weighted by Crippen LogP contribution is -2.10. The van der Waals surface area contributed by atoms with E-state index in [0.717, 1.165) is 38.9 Å². The van der Waals surface area contributed by atoms with Gasteiger partial charge >= 0.3 is 5.97 Å². The minimum Gasteiger partial charge on any atom is -0.463 e. The van der Waals surface area contributed by atoms with Crippen molar-refractivity contribution in [1.29, 1.82) is 0 Å². The molecule has 0 saturated heterocycles. The van der Waals surface area contributed by atoms with E-state index in [9.17, 15) is 4.79 Å². The van der Waals surface area contributed by atoms with Crippen LogP contribution in [0.4, 0.5) is 0 Å². The van der Waals surface area contributed by atoms with Gasteiger partial charge in [-0.2, -0.15) is 0 Å². The maximum Gasteiger partial charge on any atom is 0.305 e. The van der Waals surface area contributed by atoms with Crippen molar-refractivity contribution in [2.75, 3.05) is 33.5 Å². The molecule has 0 atom stereocenters. The molecular formula is C12H24O4. The van der Waals surface area contributed by atoms with Gasteiger partial charge in [-0.3, -0.25) is 4.79 Å². The van der Waals surface area contributed by atoms with Crippen LogP contribution in [0.25, 0.3) is 0 Å². The number of hydrogen-bond acceptors (Lipinski definition) is 4. The van der Waals surface area contributed by atoms with E-state index in [2.05, 4.69) is 0 Å². The molecule has 4 nitrogen and oxygen atoms in total. The third-order valence-electron chi connectivity index (χ3n) is 2.07. The highest BCUT2D eigenvalue weighted by Crippen LogP contribution is 2.01. The Kier molecular flexibility index (Phi) is 12.0. The summed E-state index contributed by atoms with van der Waals surface area (Å²) in [6, 6.07) is 0. The molecule has 0 radical (unpaired) electrons. The summed E-state index contributed by atoms with van der Waals surface area (Å²) in [7, 11) is 1.69. The maximum atomic E-state index is 11.2. The van der Waals surface area contributed by atoms with Crippen LogP contribution in [0, 0.1) is 0 Å². The van der Waals surface area contributed by atoms with E-state index in [4.69, 9.17) is 14.2 Å². The van der Waals surface area contributed by atoms with Crippen LogP contribution in [0.3, 0.4) is 0 Å². The Labute approximate surface area is 98.3 Å². The highest BCUT2D eigenvalue weighted by molar-refractivity contribution is 5.69. The monoisotopic (exact) mass is 232 g/mol. The minimum absolute atomic E-state index is 0.127. The summed E-state index contributed by atoms with van der Waals surface area (Å²) in [4.78, 5) is 11.2. The van der Waals surface area contributed by atoms with Crippen LogP contribution in [0.5, 0.6) is 0 Å². The Balaban J connectivity index is 3.12. The van der Waals surface area contributed by atoms with Crippen LogP contribution in [-0.2, 0) is 19.0 Å².